The van der Waals surface area contributed by atoms with Gasteiger partial charge in [0, 0.05) is 38.6 Å². The van der Waals surface area contributed by atoms with Crippen LogP contribution in [0.25, 0.3) is 0 Å². The van der Waals surface area contributed by atoms with Gasteiger partial charge < -0.3 is 15.1 Å². The van der Waals surface area contributed by atoms with E-state index in [4.69, 9.17) is 0 Å². The van der Waals surface area contributed by atoms with Crippen molar-refractivity contribution in [3.8, 4) is 0 Å². The molecule has 0 aromatic heterocycles. The van der Waals surface area contributed by atoms with E-state index >= 15 is 0 Å². The van der Waals surface area contributed by atoms with E-state index in [1.165, 1.54) is 0 Å². The number of amides is 1. The zero-order valence-electron chi connectivity index (χ0n) is 12.7. The van der Waals surface area contributed by atoms with Crippen LogP contribution in [0.4, 0.5) is 11.4 Å². The van der Waals surface area contributed by atoms with E-state index < -0.39 is 0 Å². The fraction of sp³-hybridized carbons (Fsp3) is 0.562. The lowest BCUT2D eigenvalue weighted by Gasteiger charge is -2.30. The molecular formula is C16H25N3O. The maximum atomic E-state index is 12.1. The van der Waals surface area contributed by atoms with Crippen LogP contribution in [-0.2, 0) is 4.79 Å². The Balaban J connectivity index is 1.81. The van der Waals surface area contributed by atoms with Crippen molar-refractivity contribution in [2.45, 2.75) is 19.8 Å². The van der Waals surface area contributed by atoms with Gasteiger partial charge in [-0.1, -0.05) is 6.92 Å². The van der Waals surface area contributed by atoms with Gasteiger partial charge in [-0.15, -0.1) is 0 Å². The Morgan fingerprint density at radius 1 is 1.25 bits per heavy atom. The molecule has 1 aliphatic rings. The van der Waals surface area contributed by atoms with Crippen molar-refractivity contribution in [3.05, 3.63) is 24.3 Å². The van der Waals surface area contributed by atoms with Crippen LogP contribution in [0, 0.1) is 5.92 Å². The first-order valence-electron chi connectivity index (χ1n) is 7.35. The average molecular weight is 275 g/mol. The van der Waals surface area contributed by atoms with Gasteiger partial charge in [-0.05, 0) is 43.0 Å². The highest BCUT2D eigenvalue weighted by Gasteiger charge is 2.19. The third-order valence-corrected chi connectivity index (χ3v) is 3.96. The molecule has 4 nitrogen and oxygen atoms in total. The number of anilines is 2. The number of nitrogens with one attached hydrogen (secondary N) is 1. The summed E-state index contributed by atoms with van der Waals surface area (Å²) in [4.78, 5) is 16.1. The molecule has 4 heteroatoms. The van der Waals surface area contributed by atoms with Crippen molar-refractivity contribution in [2.24, 2.45) is 5.92 Å². The molecule has 1 saturated heterocycles. The predicted molar refractivity (Wildman–Crippen MR) is 84.2 cm³/mol. The van der Waals surface area contributed by atoms with Crippen LogP contribution in [0.1, 0.15) is 19.8 Å². The van der Waals surface area contributed by atoms with Crippen LogP contribution in [0.2, 0.25) is 0 Å². The molecule has 110 valence electrons. The molecule has 1 fully saturated rings. The smallest absolute Gasteiger partial charge is 0.241 e. The number of carbonyl (C=O) groups excluding carboxylic acids is 1. The van der Waals surface area contributed by atoms with Crippen molar-refractivity contribution < 1.29 is 4.79 Å². The van der Waals surface area contributed by atoms with Gasteiger partial charge in [0.1, 0.15) is 0 Å². The summed E-state index contributed by atoms with van der Waals surface area (Å²) in [5.41, 5.74) is 2.15. The first-order valence-corrected chi connectivity index (χ1v) is 7.35. The fourth-order valence-corrected chi connectivity index (χ4v) is 2.42. The molecule has 20 heavy (non-hydrogen) atoms. The van der Waals surface area contributed by atoms with Gasteiger partial charge in [-0.25, -0.2) is 0 Å². The molecule has 0 spiro atoms. The quantitative estimate of drug-likeness (QED) is 0.916. The molecule has 1 amide bonds. The lowest BCUT2D eigenvalue weighted by molar-refractivity contribution is -0.130. The minimum absolute atomic E-state index is 0.202. The minimum atomic E-state index is 0.202. The van der Waals surface area contributed by atoms with Crippen LogP contribution < -0.4 is 10.2 Å². The SMILES string of the molecule is CC1CCN(C(=O)CNc2ccc(N(C)C)cc2)CC1. The fourth-order valence-electron chi connectivity index (χ4n) is 2.42. The molecule has 0 atom stereocenters. The first kappa shape index (κ1) is 14.7. The maximum absolute atomic E-state index is 12.1. The molecule has 1 aromatic carbocycles. The van der Waals surface area contributed by atoms with Crippen molar-refractivity contribution in [2.75, 3.05) is 43.9 Å². The molecule has 0 bridgehead atoms. The number of carbonyl (C=O) groups is 1. The predicted octanol–water partition coefficient (Wildman–Crippen LogP) is 2.42. The van der Waals surface area contributed by atoms with Gasteiger partial charge in [-0.3, -0.25) is 4.79 Å². The highest BCUT2D eigenvalue weighted by Crippen LogP contribution is 2.17. The van der Waals surface area contributed by atoms with E-state index in [9.17, 15) is 4.79 Å². The van der Waals surface area contributed by atoms with E-state index in [2.05, 4.69) is 29.3 Å². The first-order chi connectivity index (χ1) is 9.56. The van der Waals surface area contributed by atoms with Gasteiger partial charge in [0.05, 0.1) is 6.54 Å². The second-order valence-electron chi connectivity index (χ2n) is 5.86. The number of nitrogens with zero attached hydrogens (tertiary/aromatic N) is 2. The molecule has 0 unspecified atom stereocenters. The normalized spacial score (nSPS) is 16.1. The molecule has 0 aliphatic carbocycles. The number of benzene rings is 1. The summed E-state index contributed by atoms with van der Waals surface area (Å²) < 4.78 is 0. The number of hydrogen-bond acceptors (Lipinski definition) is 3. The van der Waals surface area contributed by atoms with E-state index in [0.717, 1.165) is 43.2 Å². The Morgan fingerprint density at radius 3 is 2.40 bits per heavy atom. The summed E-state index contributed by atoms with van der Waals surface area (Å²) in [5.74, 6) is 0.958. The Morgan fingerprint density at radius 2 is 1.85 bits per heavy atom. The molecular weight excluding hydrogens is 250 g/mol. The second kappa shape index (κ2) is 6.64. The number of piperidine rings is 1. The van der Waals surface area contributed by atoms with Gasteiger partial charge >= 0.3 is 0 Å². The van der Waals surface area contributed by atoms with Crippen LogP contribution >= 0.6 is 0 Å². The zero-order valence-corrected chi connectivity index (χ0v) is 12.7. The van der Waals surface area contributed by atoms with E-state index in [1.807, 2.05) is 31.1 Å². The van der Waals surface area contributed by atoms with E-state index in [0.29, 0.717) is 6.54 Å². The van der Waals surface area contributed by atoms with Crippen molar-refractivity contribution in [3.63, 3.8) is 0 Å². The summed E-state index contributed by atoms with van der Waals surface area (Å²) in [6.45, 7) is 4.45. The van der Waals surface area contributed by atoms with Gasteiger partial charge in [-0.2, -0.15) is 0 Å². The molecule has 1 heterocycles. The summed E-state index contributed by atoms with van der Waals surface area (Å²) >= 11 is 0. The molecule has 2 rings (SSSR count). The monoisotopic (exact) mass is 275 g/mol. The topological polar surface area (TPSA) is 35.6 Å². The Bertz CT molecular complexity index is 434. The third-order valence-electron chi connectivity index (χ3n) is 3.96. The molecule has 1 aromatic rings. The van der Waals surface area contributed by atoms with Crippen molar-refractivity contribution in [1.29, 1.82) is 0 Å². The van der Waals surface area contributed by atoms with Crippen LogP contribution in [0.15, 0.2) is 24.3 Å². The second-order valence-corrected chi connectivity index (χ2v) is 5.86. The Hall–Kier alpha value is -1.71. The molecule has 0 saturated carbocycles. The van der Waals surface area contributed by atoms with Gasteiger partial charge in [0.15, 0.2) is 0 Å². The average Bonchev–Trinajstić information content (AvgIpc) is 2.46. The Labute approximate surface area is 121 Å². The molecule has 1 N–H and O–H groups in total. The molecule has 0 radical (unpaired) electrons. The summed E-state index contributed by atoms with van der Waals surface area (Å²) in [7, 11) is 4.03. The van der Waals surface area contributed by atoms with Crippen LogP contribution in [-0.4, -0.2) is 44.5 Å². The third kappa shape index (κ3) is 3.89. The number of hydrogen-bond donors (Lipinski definition) is 1. The van der Waals surface area contributed by atoms with Gasteiger partial charge in [0.25, 0.3) is 0 Å². The maximum Gasteiger partial charge on any atom is 0.241 e. The summed E-state index contributed by atoms with van der Waals surface area (Å²) in [5, 5.41) is 3.21. The largest absolute Gasteiger partial charge is 0.378 e. The lowest BCUT2D eigenvalue weighted by atomic mass is 9.99. The lowest BCUT2D eigenvalue weighted by Crippen LogP contribution is -2.40. The Kier molecular flexibility index (Phi) is 4.88. The van der Waals surface area contributed by atoms with Crippen LogP contribution in [0.3, 0.4) is 0 Å². The van der Waals surface area contributed by atoms with Crippen molar-refractivity contribution in [1.82, 2.24) is 4.90 Å². The van der Waals surface area contributed by atoms with Crippen molar-refractivity contribution >= 4 is 17.3 Å². The van der Waals surface area contributed by atoms with Crippen LogP contribution in [0.5, 0.6) is 0 Å². The van der Waals surface area contributed by atoms with E-state index in [1.54, 1.807) is 0 Å². The highest BCUT2D eigenvalue weighted by molar-refractivity contribution is 5.81. The zero-order chi connectivity index (χ0) is 14.5. The summed E-state index contributed by atoms with van der Waals surface area (Å²) in [6, 6.07) is 8.13. The minimum Gasteiger partial charge on any atom is -0.378 e. The summed E-state index contributed by atoms with van der Waals surface area (Å²) in [6.07, 6.45) is 2.26. The standard InChI is InChI=1S/C16H25N3O/c1-13-8-10-19(11-9-13)16(20)12-17-14-4-6-15(7-5-14)18(2)3/h4-7,13,17H,8-12H2,1-3H3. The van der Waals surface area contributed by atoms with E-state index in [-0.39, 0.29) is 5.91 Å². The van der Waals surface area contributed by atoms with Gasteiger partial charge in [0.2, 0.25) is 5.91 Å². The molecule has 1 aliphatic heterocycles. The number of likely N-dealkylation sites (tertiary alicyclic amines) is 1. The highest BCUT2D eigenvalue weighted by atomic mass is 16.2. The number of rotatable bonds is 4.